The van der Waals surface area contributed by atoms with E-state index in [2.05, 4.69) is 13.8 Å². The Morgan fingerprint density at radius 1 is 1.43 bits per heavy atom. The molecular formula is C10H21ClN2O. The van der Waals surface area contributed by atoms with E-state index in [4.69, 9.17) is 5.73 Å². The van der Waals surface area contributed by atoms with Crippen molar-refractivity contribution in [2.75, 3.05) is 13.1 Å². The highest BCUT2D eigenvalue weighted by molar-refractivity contribution is 5.85. The van der Waals surface area contributed by atoms with Crippen molar-refractivity contribution in [3.63, 3.8) is 0 Å². The fraction of sp³-hybridized carbons (Fsp3) is 0.900. The smallest absolute Gasteiger partial charge is 0.222 e. The Hall–Kier alpha value is -0.280. The van der Waals surface area contributed by atoms with E-state index in [-0.39, 0.29) is 12.4 Å². The van der Waals surface area contributed by atoms with Crippen LogP contribution in [-0.4, -0.2) is 29.9 Å². The normalized spacial score (nSPS) is 18.1. The molecule has 4 heteroatoms. The van der Waals surface area contributed by atoms with E-state index in [0.717, 1.165) is 25.9 Å². The van der Waals surface area contributed by atoms with Gasteiger partial charge < -0.3 is 10.6 Å². The summed E-state index contributed by atoms with van der Waals surface area (Å²) in [4.78, 5) is 13.5. The molecule has 0 bridgehead atoms. The molecule has 0 unspecified atom stereocenters. The Morgan fingerprint density at radius 3 is 2.36 bits per heavy atom. The number of likely N-dealkylation sites (tertiary alicyclic amines) is 1. The number of carbonyl (C=O) groups excluding carboxylic acids is 1. The van der Waals surface area contributed by atoms with Gasteiger partial charge in [-0.2, -0.15) is 0 Å². The van der Waals surface area contributed by atoms with Gasteiger partial charge in [0, 0.05) is 25.6 Å². The zero-order chi connectivity index (χ0) is 9.84. The molecule has 0 atom stereocenters. The predicted molar refractivity (Wildman–Crippen MR) is 60.5 cm³/mol. The van der Waals surface area contributed by atoms with Gasteiger partial charge in [-0.15, -0.1) is 12.4 Å². The second kappa shape index (κ2) is 6.25. The van der Waals surface area contributed by atoms with E-state index in [9.17, 15) is 4.79 Å². The molecule has 0 aromatic heterocycles. The molecule has 0 spiro atoms. The topological polar surface area (TPSA) is 46.3 Å². The van der Waals surface area contributed by atoms with Gasteiger partial charge >= 0.3 is 0 Å². The first kappa shape index (κ1) is 13.7. The van der Waals surface area contributed by atoms with Gasteiger partial charge in [0.2, 0.25) is 5.91 Å². The third kappa shape index (κ3) is 4.29. The Balaban J connectivity index is 0.00000169. The molecule has 1 amide bonds. The highest BCUT2D eigenvalue weighted by Gasteiger charge is 2.20. The zero-order valence-corrected chi connectivity index (χ0v) is 9.85. The largest absolute Gasteiger partial charge is 0.343 e. The molecule has 1 aliphatic heterocycles. The molecule has 84 valence electrons. The van der Waals surface area contributed by atoms with Crippen molar-refractivity contribution in [3.05, 3.63) is 0 Å². The molecule has 2 N–H and O–H groups in total. The van der Waals surface area contributed by atoms with Crippen LogP contribution in [0.4, 0.5) is 0 Å². The maximum Gasteiger partial charge on any atom is 0.222 e. The number of carbonyl (C=O) groups is 1. The zero-order valence-electron chi connectivity index (χ0n) is 9.03. The van der Waals surface area contributed by atoms with Crippen molar-refractivity contribution in [1.82, 2.24) is 4.90 Å². The molecule has 0 saturated carbocycles. The van der Waals surface area contributed by atoms with Gasteiger partial charge in [0.25, 0.3) is 0 Å². The van der Waals surface area contributed by atoms with E-state index >= 15 is 0 Å². The van der Waals surface area contributed by atoms with Crippen molar-refractivity contribution in [1.29, 1.82) is 0 Å². The van der Waals surface area contributed by atoms with Crippen molar-refractivity contribution >= 4 is 18.3 Å². The lowest BCUT2D eigenvalue weighted by Crippen LogP contribution is -2.43. The molecule has 14 heavy (non-hydrogen) atoms. The van der Waals surface area contributed by atoms with Gasteiger partial charge in [0.05, 0.1) is 0 Å². The average molecular weight is 221 g/mol. The second-order valence-corrected chi connectivity index (χ2v) is 4.32. The maximum atomic E-state index is 11.6. The van der Waals surface area contributed by atoms with Crippen LogP contribution in [-0.2, 0) is 4.79 Å². The molecule has 1 heterocycles. The molecular weight excluding hydrogens is 200 g/mol. The molecule has 1 rings (SSSR count). The van der Waals surface area contributed by atoms with Crippen LogP contribution < -0.4 is 5.73 Å². The first-order chi connectivity index (χ1) is 6.09. The summed E-state index contributed by atoms with van der Waals surface area (Å²) in [5.41, 5.74) is 5.76. The fourth-order valence-electron chi connectivity index (χ4n) is 1.63. The molecule has 1 fully saturated rings. The summed E-state index contributed by atoms with van der Waals surface area (Å²) >= 11 is 0. The average Bonchev–Trinajstić information content (AvgIpc) is 2.04. The number of hydrogen-bond donors (Lipinski definition) is 1. The first-order valence-electron chi connectivity index (χ1n) is 5.13. The van der Waals surface area contributed by atoms with E-state index in [0.29, 0.717) is 24.3 Å². The molecule has 1 aliphatic rings. The minimum absolute atomic E-state index is 0. The molecule has 3 nitrogen and oxygen atoms in total. The highest BCUT2D eigenvalue weighted by Crippen LogP contribution is 2.11. The SMILES string of the molecule is CC(C)CC(=O)N1CCC(N)CC1.Cl. The number of piperidine rings is 1. The first-order valence-corrected chi connectivity index (χ1v) is 5.13. The van der Waals surface area contributed by atoms with E-state index in [1.807, 2.05) is 4.90 Å². The third-order valence-electron chi connectivity index (χ3n) is 2.48. The fourth-order valence-corrected chi connectivity index (χ4v) is 1.63. The number of halogens is 1. The molecule has 1 saturated heterocycles. The molecule has 0 radical (unpaired) electrons. The molecule has 0 aromatic carbocycles. The number of nitrogens with two attached hydrogens (primary N) is 1. The number of rotatable bonds is 2. The van der Waals surface area contributed by atoms with Gasteiger partial charge in [-0.3, -0.25) is 4.79 Å². The predicted octanol–water partition coefficient (Wildman–Crippen LogP) is 1.40. The van der Waals surface area contributed by atoms with Crippen LogP contribution >= 0.6 is 12.4 Å². The second-order valence-electron chi connectivity index (χ2n) is 4.32. The summed E-state index contributed by atoms with van der Waals surface area (Å²) in [6.07, 6.45) is 2.60. The van der Waals surface area contributed by atoms with Crippen LogP contribution in [0.5, 0.6) is 0 Å². The number of amides is 1. The van der Waals surface area contributed by atoms with E-state index < -0.39 is 0 Å². The van der Waals surface area contributed by atoms with Gasteiger partial charge in [-0.25, -0.2) is 0 Å². The minimum atomic E-state index is 0. The summed E-state index contributed by atoms with van der Waals surface area (Å²) in [6, 6.07) is 0.308. The summed E-state index contributed by atoms with van der Waals surface area (Å²) in [7, 11) is 0. The Morgan fingerprint density at radius 2 is 1.93 bits per heavy atom. The quantitative estimate of drug-likeness (QED) is 0.765. The Kier molecular flexibility index (Phi) is 6.12. The summed E-state index contributed by atoms with van der Waals surface area (Å²) in [5, 5.41) is 0. The highest BCUT2D eigenvalue weighted by atomic mass is 35.5. The van der Waals surface area contributed by atoms with Crippen LogP contribution in [0.25, 0.3) is 0 Å². The molecule has 0 aromatic rings. The van der Waals surface area contributed by atoms with Crippen LogP contribution in [0, 0.1) is 5.92 Å². The van der Waals surface area contributed by atoms with Gasteiger partial charge in [-0.1, -0.05) is 13.8 Å². The summed E-state index contributed by atoms with van der Waals surface area (Å²) in [5.74, 6) is 0.755. The Bertz CT molecular complexity index is 177. The van der Waals surface area contributed by atoms with Gasteiger partial charge in [0.1, 0.15) is 0 Å². The molecule has 0 aliphatic carbocycles. The Labute approximate surface area is 92.4 Å². The van der Waals surface area contributed by atoms with Crippen LogP contribution in [0.3, 0.4) is 0 Å². The van der Waals surface area contributed by atoms with Crippen LogP contribution in [0.1, 0.15) is 33.1 Å². The number of nitrogens with zero attached hydrogens (tertiary/aromatic N) is 1. The minimum Gasteiger partial charge on any atom is -0.343 e. The third-order valence-corrected chi connectivity index (χ3v) is 2.48. The lowest BCUT2D eigenvalue weighted by Gasteiger charge is -2.30. The van der Waals surface area contributed by atoms with Crippen LogP contribution in [0.2, 0.25) is 0 Å². The lowest BCUT2D eigenvalue weighted by atomic mass is 10.0. The van der Waals surface area contributed by atoms with Crippen molar-refractivity contribution in [3.8, 4) is 0 Å². The maximum absolute atomic E-state index is 11.6. The van der Waals surface area contributed by atoms with E-state index in [1.165, 1.54) is 0 Å². The van der Waals surface area contributed by atoms with Crippen molar-refractivity contribution in [2.24, 2.45) is 11.7 Å². The van der Waals surface area contributed by atoms with E-state index in [1.54, 1.807) is 0 Å². The number of hydrogen-bond acceptors (Lipinski definition) is 2. The standard InChI is InChI=1S/C10H20N2O.ClH/c1-8(2)7-10(13)12-5-3-9(11)4-6-12;/h8-9H,3-7,11H2,1-2H3;1H. The van der Waals surface area contributed by atoms with Gasteiger partial charge in [0.15, 0.2) is 0 Å². The lowest BCUT2D eigenvalue weighted by molar-refractivity contribution is -0.132. The summed E-state index contributed by atoms with van der Waals surface area (Å²) in [6.45, 7) is 5.86. The van der Waals surface area contributed by atoms with Crippen molar-refractivity contribution < 1.29 is 4.79 Å². The van der Waals surface area contributed by atoms with Crippen molar-refractivity contribution in [2.45, 2.75) is 39.2 Å². The monoisotopic (exact) mass is 220 g/mol. The van der Waals surface area contributed by atoms with Crippen LogP contribution in [0.15, 0.2) is 0 Å². The summed E-state index contributed by atoms with van der Waals surface area (Å²) < 4.78 is 0. The van der Waals surface area contributed by atoms with Gasteiger partial charge in [-0.05, 0) is 18.8 Å².